The Bertz CT molecular complexity index is 687. The molecule has 0 aromatic heterocycles. The number of carbonyl (C=O) groups excluding carboxylic acids is 2. The molecule has 3 rings (SSSR count). The Hall–Kier alpha value is -2.68. The van der Waals surface area contributed by atoms with E-state index in [1.807, 2.05) is 54.6 Å². The van der Waals surface area contributed by atoms with E-state index < -0.39 is 0 Å². The first-order valence-corrected chi connectivity index (χ1v) is 5.97. The van der Waals surface area contributed by atoms with Crippen molar-refractivity contribution < 1.29 is 9.59 Å². The molecule has 1 heterocycles. The summed E-state index contributed by atoms with van der Waals surface area (Å²) in [6.07, 6.45) is 1.34. The van der Waals surface area contributed by atoms with E-state index in [4.69, 9.17) is 0 Å². The summed E-state index contributed by atoms with van der Waals surface area (Å²) >= 11 is 0. The first-order chi connectivity index (χ1) is 9.24. The molecular weight excluding hydrogens is 238 g/mol. The van der Waals surface area contributed by atoms with E-state index in [0.717, 1.165) is 16.7 Å². The summed E-state index contributed by atoms with van der Waals surface area (Å²) in [6, 6.07) is 17.5. The lowest BCUT2D eigenvalue weighted by atomic mass is 9.99. The average Bonchev–Trinajstić information content (AvgIpc) is 2.79. The van der Waals surface area contributed by atoms with Crippen molar-refractivity contribution in [2.24, 2.45) is 0 Å². The Morgan fingerprint density at radius 1 is 0.737 bits per heavy atom. The van der Waals surface area contributed by atoms with Crippen LogP contribution in [0, 0.1) is 0 Å². The van der Waals surface area contributed by atoms with Gasteiger partial charge in [-0.3, -0.25) is 14.9 Å². The number of rotatable bonds is 2. The lowest BCUT2D eigenvalue weighted by Gasteiger charge is -2.05. The molecule has 1 N–H and O–H groups in total. The summed E-state index contributed by atoms with van der Waals surface area (Å²) in [4.78, 5) is 22.8. The molecule has 2 amide bonds. The van der Waals surface area contributed by atoms with E-state index in [9.17, 15) is 9.59 Å². The van der Waals surface area contributed by atoms with Crippen LogP contribution in [0.5, 0.6) is 0 Å². The Morgan fingerprint density at radius 2 is 1.42 bits per heavy atom. The van der Waals surface area contributed by atoms with Crippen LogP contribution in [-0.2, 0) is 9.59 Å². The molecule has 2 aromatic carbocycles. The summed E-state index contributed by atoms with van der Waals surface area (Å²) in [5, 5.41) is 2.25. The van der Waals surface area contributed by atoms with Crippen molar-refractivity contribution in [3.8, 4) is 11.1 Å². The maximum absolute atomic E-state index is 11.6. The van der Waals surface area contributed by atoms with Gasteiger partial charge >= 0.3 is 0 Å². The van der Waals surface area contributed by atoms with Crippen molar-refractivity contribution in [2.75, 3.05) is 0 Å². The summed E-state index contributed by atoms with van der Waals surface area (Å²) in [5.74, 6) is -0.694. The van der Waals surface area contributed by atoms with E-state index in [1.54, 1.807) is 0 Å². The minimum absolute atomic E-state index is 0.338. The number of carbonyl (C=O) groups is 2. The first-order valence-electron chi connectivity index (χ1n) is 5.97. The number of hydrogen-bond acceptors (Lipinski definition) is 2. The largest absolute Gasteiger partial charge is 0.289 e. The molecule has 0 unspecified atom stereocenters. The molecule has 0 radical (unpaired) electrons. The average molecular weight is 249 g/mol. The fraction of sp³-hybridized carbons (Fsp3) is 0. The van der Waals surface area contributed by atoms with Crippen molar-refractivity contribution in [3.05, 3.63) is 66.2 Å². The summed E-state index contributed by atoms with van der Waals surface area (Å²) in [6.45, 7) is 0. The Balaban J connectivity index is 2.04. The Morgan fingerprint density at radius 3 is 2.11 bits per heavy atom. The molecule has 1 aliphatic heterocycles. The summed E-state index contributed by atoms with van der Waals surface area (Å²) in [7, 11) is 0. The van der Waals surface area contributed by atoms with Crippen LogP contribution in [0.2, 0.25) is 0 Å². The second-order valence-electron chi connectivity index (χ2n) is 4.32. The number of hydrogen-bond donors (Lipinski definition) is 1. The van der Waals surface area contributed by atoms with Gasteiger partial charge in [0.05, 0.1) is 5.57 Å². The van der Waals surface area contributed by atoms with Crippen LogP contribution in [-0.4, -0.2) is 11.8 Å². The van der Waals surface area contributed by atoms with Crippen molar-refractivity contribution in [3.63, 3.8) is 0 Å². The zero-order valence-electron chi connectivity index (χ0n) is 10.1. The molecule has 0 bridgehead atoms. The van der Waals surface area contributed by atoms with Crippen LogP contribution in [0.4, 0.5) is 0 Å². The van der Waals surface area contributed by atoms with Gasteiger partial charge in [0, 0.05) is 6.08 Å². The highest BCUT2D eigenvalue weighted by Gasteiger charge is 2.22. The monoisotopic (exact) mass is 249 g/mol. The zero-order valence-corrected chi connectivity index (χ0v) is 10.1. The molecule has 0 aliphatic carbocycles. The smallest absolute Gasteiger partial charge is 0.258 e. The van der Waals surface area contributed by atoms with Crippen molar-refractivity contribution >= 4 is 17.4 Å². The highest BCUT2D eigenvalue weighted by atomic mass is 16.2. The molecule has 3 nitrogen and oxygen atoms in total. The number of nitrogens with one attached hydrogen (secondary N) is 1. The second kappa shape index (κ2) is 4.53. The maximum Gasteiger partial charge on any atom is 0.258 e. The first kappa shape index (κ1) is 11.4. The highest BCUT2D eigenvalue weighted by molar-refractivity contribution is 6.33. The molecule has 1 aliphatic rings. The van der Waals surface area contributed by atoms with E-state index in [0.29, 0.717) is 5.57 Å². The van der Waals surface area contributed by atoms with E-state index in [1.165, 1.54) is 6.08 Å². The third-order valence-electron chi connectivity index (χ3n) is 3.04. The molecule has 3 heteroatoms. The lowest BCUT2D eigenvalue weighted by Crippen LogP contribution is -2.21. The van der Waals surface area contributed by atoms with Gasteiger partial charge in [0.2, 0.25) is 0 Å². The van der Waals surface area contributed by atoms with Crippen LogP contribution in [0.15, 0.2) is 60.7 Å². The third-order valence-corrected chi connectivity index (χ3v) is 3.04. The van der Waals surface area contributed by atoms with Crippen LogP contribution >= 0.6 is 0 Å². The van der Waals surface area contributed by atoms with E-state index >= 15 is 0 Å². The van der Waals surface area contributed by atoms with Crippen molar-refractivity contribution in [2.45, 2.75) is 0 Å². The van der Waals surface area contributed by atoms with Crippen molar-refractivity contribution in [1.29, 1.82) is 0 Å². The predicted octanol–water partition coefficient (Wildman–Crippen LogP) is 2.39. The molecule has 0 saturated heterocycles. The SMILES string of the molecule is O=C1C=C(c2cccc(-c3ccccc3)c2)C(=O)N1. The minimum atomic E-state index is -0.356. The van der Waals surface area contributed by atoms with Crippen LogP contribution in [0.25, 0.3) is 16.7 Å². The van der Waals surface area contributed by atoms with Gasteiger partial charge in [-0.25, -0.2) is 0 Å². The minimum Gasteiger partial charge on any atom is -0.289 e. The van der Waals surface area contributed by atoms with Gasteiger partial charge in [-0.15, -0.1) is 0 Å². The fourth-order valence-corrected chi connectivity index (χ4v) is 2.12. The molecule has 0 saturated carbocycles. The quantitative estimate of drug-likeness (QED) is 0.831. The fourth-order valence-electron chi connectivity index (χ4n) is 2.12. The van der Waals surface area contributed by atoms with E-state index in [2.05, 4.69) is 5.32 Å². The second-order valence-corrected chi connectivity index (χ2v) is 4.32. The number of imide groups is 1. The molecule has 92 valence electrons. The molecule has 19 heavy (non-hydrogen) atoms. The van der Waals surface area contributed by atoms with Gasteiger partial charge in [0.15, 0.2) is 0 Å². The normalized spacial score (nSPS) is 14.2. The van der Waals surface area contributed by atoms with Gasteiger partial charge in [0.25, 0.3) is 11.8 Å². The third kappa shape index (κ3) is 2.18. The van der Waals surface area contributed by atoms with Gasteiger partial charge in [-0.2, -0.15) is 0 Å². The summed E-state index contributed by atoms with van der Waals surface area (Å²) < 4.78 is 0. The maximum atomic E-state index is 11.6. The van der Waals surface area contributed by atoms with Crippen LogP contribution < -0.4 is 5.32 Å². The van der Waals surface area contributed by atoms with Gasteiger partial charge in [-0.05, 0) is 22.8 Å². The van der Waals surface area contributed by atoms with Gasteiger partial charge in [-0.1, -0.05) is 48.5 Å². The highest BCUT2D eigenvalue weighted by Crippen LogP contribution is 2.25. The van der Waals surface area contributed by atoms with Gasteiger partial charge < -0.3 is 0 Å². The number of benzene rings is 2. The molecular formula is C16H11NO2. The predicted molar refractivity (Wildman–Crippen MR) is 73.0 cm³/mol. The standard InChI is InChI=1S/C16H11NO2/c18-15-10-14(16(19)17-15)13-8-4-7-12(9-13)11-5-2-1-3-6-11/h1-10H,(H,17,18,19). The topological polar surface area (TPSA) is 46.2 Å². The molecule has 0 spiro atoms. The Kier molecular flexibility index (Phi) is 2.72. The zero-order chi connectivity index (χ0) is 13.2. The molecule has 0 atom stereocenters. The van der Waals surface area contributed by atoms with Crippen molar-refractivity contribution in [1.82, 2.24) is 5.32 Å². The molecule has 2 aromatic rings. The summed E-state index contributed by atoms with van der Waals surface area (Å²) in [5.41, 5.74) is 3.27. The van der Waals surface area contributed by atoms with Gasteiger partial charge in [0.1, 0.15) is 0 Å². The van der Waals surface area contributed by atoms with E-state index in [-0.39, 0.29) is 11.8 Å². The Labute approximate surface area is 110 Å². The number of amides is 2. The van der Waals surface area contributed by atoms with Crippen LogP contribution in [0.3, 0.4) is 0 Å². The van der Waals surface area contributed by atoms with Crippen LogP contribution in [0.1, 0.15) is 5.56 Å². The lowest BCUT2D eigenvalue weighted by molar-refractivity contribution is -0.123. The molecule has 0 fully saturated rings.